The van der Waals surface area contributed by atoms with Crippen molar-refractivity contribution >= 4 is 22.6 Å². The molecule has 5 heteroatoms. The third-order valence-corrected chi connectivity index (χ3v) is 3.85. The highest BCUT2D eigenvalue weighted by Gasteiger charge is 2.24. The van der Waals surface area contributed by atoms with Crippen LogP contribution in [0.2, 0.25) is 5.02 Å². The summed E-state index contributed by atoms with van der Waals surface area (Å²) in [4.78, 5) is 4.56. The van der Waals surface area contributed by atoms with Gasteiger partial charge < -0.3 is 14.4 Å². The Morgan fingerprint density at radius 2 is 1.83 bits per heavy atom. The van der Waals surface area contributed by atoms with Gasteiger partial charge in [0, 0.05) is 5.02 Å². The van der Waals surface area contributed by atoms with Gasteiger partial charge in [-0.2, -0.15) is 0 Å². The maximum Gasteiger partial charge on any atom is 0.141 e. The first-order valence-electron chi connectivity index (χ1n) is 7.51. The van der Waals surface area contributed by atoms with Crippen LogP contribution in [0.1, 0.15) is 19.7 Å². The molecule has 3 rings (SSSR count). The first-order chi connectivity index (χ1) is 10.9. The van der Waals surface area contributed by atoms with Crippen LogP contribution in [-0.4, -0.2) is 21.3 Å². The molecule has 1 N–H and O–H groups in total. The maximum absolute atomic E-state index is 10.4. The van der Waals surface area contributed by atoms with Crippen molar-refractivity contribution in [1.82, 2.24) is 9.55 Å². The molecule has 0 spiro atoms. The quantitative estimate of drug-likeness (QED) is 0.769. The van der Waals surface area contributed by atoms with Crippen LogP contribution in [0.3, 0.4) is 0 Å². The normalized spacial score (nSPS) is 11.8. The van der Waals surface area contributed by atoms with Crippen molar-refractivity contribution < 1.29 is 9.84 Å². The smallest absolute Gasteiger partial charge is 0.141 e. The van der Waals surface area contributed by atoms with Crippen molar-refractivity contribution in [3.63, 3.8) is 0 Å². The second kappa shape index (κ2) is 6.22. The van der Waals surface area contributed by atoms with Gasteiger partial charge in [0.05, 0.1) is 17.6 Å². The molecular formula is C18H19ClN2O2. The molecule has 0 amide bonds. The van der Waals surface area contributed by atoms with Crippen LogP contribution in [0.15, 0.2) is 48.5 Å². The lowest BCUT2D eigenvalue weighted by Gasteiger charge is -2.19. The van der Waals surface area contributed by atoms with Crippen molar-refractivity contribution in [1.29, 1.82) is 0 Å². The lowest BCUT2D eigenvalue weighted by Crippen LogP contribution is -2.23. The van der Waals surface area contributed by atoms with Gasteiger partial charge in [-0.3, -0.25) is 0 Å². The fourth-order valence-electron chi connectivity index (χ4n) is 2.55. The van der Waals surface area contributed by atoms with Crippen molar-refractivity contribution in [2.45, 2.75) is 26.0 Å². The van der Waals surface area contributed by atoms with Crippen LogP contribution in [0.4, 0.5) is 0 Å². The molecule has 2 aromatic carbocycles. The maximum atomic E-state index is 10.4. The topological polar surface area (TPSA) is 47.3 Å². The van der Waals surface area contributed by atoms with E-state index in [1.807, 2.05) is 41.0 Å². The molecule has 0 aliphatic heterocycles. The molecule has 23 heavy (non-hydrogen) atoms. The Labute approximate surface area is 140 Å². The number of halogens is 1. The summed E-state index contributed by atoms with van der Waals surface area (Å²) in [5, 5.41) is 11.1. The summed E-state index contributed by atoms with van der Waals surface area (Å²) >= 11 is 5.87. The van der Waals surface area contributed by atoms with Crippen LogP contribution in [0, 0.1) is 0 Å². The minimum Gasteiger partial charge on any atom is -0.492 e. The van der Waals surface area contributed by atoms with Crippen molar-refractivity contribution in [3.05, 3.63) is 59.4 Å². The zero-order valence-corrected chi connectivity index (χ0v) is 13.9. The van der Waals surface area contributed by atoms with Gasteiger partial charge in [0.25, 0.3) is 0 Å². The Morgan fingerprint density at radius 3 is 2.52 bits per heavy atom. The fourth-order valence-corrected chi connectivity index (χ4v) is 2.68. The molecule has 0 fully saturated rings. The predicted octanol–water partition coefficient (Wildman–Crippen LogP) is 4.00. The van der Waals surface area contributed by atoms with E-state index in [2.05, 4.69) is 4.98 Å². The molecule has 0 saturated heterocycles. The number of benzene rings is 2. The number of aromatic nitrogens is 2. The highest BCUT2D eigenvalue weighted by molar-refractivity contribution is 6.30. The van der Waals surface area contributed by atoms with Crippen molar-refractivity contribution in [2.75, 3.05) is 6.61 Å². The number of aliphatic hydroxyl groups is 1. The molecule has 0 bridgehead atoms. The number of nitrogens with zero attached hydrogens (tertiary/aromatic N) is 2. The second-order valence-electron chi connectivity index (χ2n) is 5.94. The Bertz CT molecular complexity index is 804. The molecule has 0 unspecified atom stereocenters. The zero-order chi connectivity index (χ0) is 16.4. The van der Waals surface area contributed by atoms with E-state index in [4.69, 9.17) is 16.3 Å². The first kappa shape index (κ1) is 15.8. The largest absolute Gasteiger partial charge is 0.492 e. The molecule has 4 nitrogen and oxygen atoms in total. The van der Waals surface area contributed by atoms with Gasteiger partial charge in [0.1, 0.15) is 23.8 Å². The fraction of sp³-hybridized carbons (Fsp3) is 0.278. The third kappa shape index (κ3) is 3.49. The third-order valence-electron chi connectivity index (χ3n) is 3.60. The molecule has 0 saturated carbocycles. The van der Waals surface area contributed by atoms with Crippen LogP contribution in [0.25, 0.3) is 11.0 Å². The first-order valence-corrected chi connectivity index (χ1v) is 7.89. The van der Waals surface area contributed by atoms with Gasteiger partial charge in [-0.25, -0.2) is 4.98 Å². The standard InChI is InChI=1S/C18H19ClN2O2/c1-18(2,22)17-20-15-5-3-4-6-16(15)21(17)11-12-23-14-9-7-13(19)8-10-14/h3-10,22H,11-12H2,1-2H3. The lowest BCUT2D eigenvalue weighted by atomic mass is 10.1. The van der Waals surface area contributed by atoms with Gasteiger partial charge in [-0.1, -0.05) is 23.7 Å². The second-order valence-corrected chi connectivity index (χ2v) is 6.37. The van der Waals surface area contributed by atoms with E-state index in [-0.39, 0.29) is 0 Å². The van der Waals surface area contributed by atoms with E-state index in [0.29, 0.717) is 24.0 Å². The summed E-state index contributed by atoms with van der Waals surface area (Å²) in [6.07, 6.45) is 0. The minimum absolute atomic E-state index is 0.477. The van der Waals surface area contributed by atoms with E-state index >= 15 is 0 Å². The predicted molar refractivity (Wildman–Crippen MR) is 91.9 cm³/mol. The molecular weight excluding hydrogens is 312 g/mol. The Morgan fingerprint density at radius 1 is 1.13 bits per heavy atom. The minimum atomic E-state index is -1.01. The van der Waals surface area contributed by atoms with E-state index in [1.54, 1.807) is 26.0 Å². The summed E-state index contributed by atoms with van der Waals surface area (Å²) < 4.78 is 7.77. The Balaban J connectivity index is 1.82. The van der Waals surface area contributed by atoms with E-state index in [1.165, 1.54) is 0 Å². The molecule has 0 aliphatic rings. The van der Waals surface area contributed by atoms with E-state index in [9.17, 15) is 5.11 Å². The number of hydrogen-bond acceptors (Lipinski definition) is 3. The summed E-state index contributed by atoms with van der Waals surface area (Å²) in [7, 11) is 0. The molecule has 0 aliphatic carbocycles. The Hall–Kier alpha value is -2.04. The average molecular weight is 331 g/mol. The van der Waals surface area contributed by atoms with Gasteiger partial charge in [-0.15, -0.1) is 0 Å². The number of para-hydroxylation sites is 2. The number of ether oxygens (including phenoxy) is 1. The zero-order valence-electron chi connectivity index (χ0n) is 13.2. The van der Waals surface area contributed by atoms with E-state index in [0.717, 1.165) is 16.8 Å². The highest BCUT2D eigenvalue weighted by Crippen LogP contribution is 2.24. The number of fused-ring (bicyclic) bond motifs is 1. The highest BCUT2D eigenvalue weighted by atomic mass is 35.5. The number of hydrogen-bond donors (Lipinski definition) is 1. The summed E-state index contributed by atoms with van der Waals surface area (Å²) in [6.45, 7) is 4.56. The van der Waals surface area contributed by atoms with Gasteiger partial charge in [-0.05, 0) is 50.2 Å². The van der Waals surface area contributed by atoms with Gasteiger partial charge >= 0.3 is 0 Å². The molecule has 1 heterocycles. The summed E-state index contributed by atoms with van der Waals surface area (Å²) in [6, 6.07) is 15.1. The molecule has 120 valence electrons. The van der Waals surface area contributed by atoms with Gasteiger partial charge in [0.2, 0.25) is 0 Å². The van der Waals surface area contributed by atoms with Crippen LogP contribution < -0.4 is 4.74 Å². The monoisotopic (exact) mass is 330 g/mol. The summed E-state index contributed by atoms with van der Waals surface area (Å²) in [5.41, 5.74) is 0.847. The summed E-state index contributed by atoms with van der Waals surface area (Å²) in [5.74, 6) is 1.40. The SMILES string of the molecule is CC(C)(O)c1nc2ccccc2n1CCOc1ccc(Cl)cc1. The lowest BCUT2D eigenvalue weighted by molar-refractivity contribution is 0.0644. The van der Waals surface area contributed by atoms with Crippen LogP contribution >= 0.6 is 11.6 Å². The van der Waals surface area contributed by atoms with Crippen LogP contribution in [0.5, 0.6) is 5.75 Å². The van der Waals surface area contributed by atoms with Gasteiger partial charge in [0.15, 0.2) is 0 Å². The molecule has 1 aromatic heterocycles. The van der Waals surface area contributed by atoms with Crippen LogP contribution in [-0.2, 0) is 12.1 Å². The molecule has 3 aromatic rings. The van der Waals surface area contributed by atoms with Crippen molar-refractivity contribution in [3.8, 4) is 5.75 Å². The molecule has 0 atom stereocenters. The average Bonchev–Trinajstić information content (AvgIpc) is 2.89. The van der Waals surface area contributed by atoms with Crippen molar-refractivity contribution in [2.24, 2.45) is 0 Å². The number of rotatable bonds is 5. The number of imidazole rings is 1. The van der Waals surface area contributed by atoms with E-state index < -0.39 is 5.60 Å². The molecule has 0 radical (unpaired) electrons. The Kier molecular flexibility index (Phi) is 4.28.